The zero-order valence-electron chi connectivity index (χ0n) is 28.5. The van der Waals surface area contributed by atoms with Crippen LogP contribution in [-0.2, 0) is 29.4 Å². The molecule has 1 aliphatic rings. The molecular formula is C36H33F3N6O5S3. The number of sulfonamides is 1. The van der Waals surface area contributed by atoms with Crippen molar-refractivity contribution < 1.29 is 35.9 Å². The van der Waals surface area contributed by atoms with Gasteiger partial charge in [0, 0.05) is 29.1 Å². The number of nitrogens with zero attached hydrogens (tertiary/aromatic N) is 4. The molecule has 0 bridgehead atoms. The molecule has 2 aromatic heterocycles. The maximum absolute atomic E-state index is 14.7. The topological polar surface area (TPSA) is 134 Å². The Morgan fingerprint density at radius 1 is 1.06 bits per heavy atom. The highest BCUT2D eigenvalue weighted by atomic mass is 32.2. The van der Waals surface area contributed by atoms with E-state index in [1.165, 1.54) is 28.2 Å². The van der Waals surface area contributed by atoms with E-state index in [4.69, 9.17) is 4.74 Å². The first-order chi connectivity index (χ1) is 25.4. The Morgan fingerprint density at radius 2 is 1.87 bits per heavy atom. The predicted octanol–water partition coefficient (Wildman–Crippen LogP) is 5.91. The lowest BCUT2D eigenvalue weighted by Crippen LogP contribution is -2.35. The van der Waals surface area contributed by atoms with Crippen LogP contribution in [0.2, 0.25) is 0 Å². The zero-order chi connectivity index (χ0) is 37.7. The molecule has 0 radical (unpaired) electrons. The largest absolute Gasteiger partial charge is 0.491 e. The van der Waals surface area contributed by atoms with E-state index in [0.717, 1.165) is 32.7 Å². The zero-order valence-corrected chi connectivity index (χ0v) is 30.9. The van der Waals surface area contributed by atoms with Gasteiger partial charge in [0.1, 0.15) is 5.69 Å². The van der Waals surface area contributed by atoms with Crippen molar-refractivity contribution in [1.82, 2.24) is 19.6 Å². The molecule has 0 spiro atoms. The van der Waals surface area contributed by atoms with Crippen molar-refractivity contribution in [3.05, 3.63) is 99.3 Å². The van der Waals surface area contributed by atoms with E-state index in [-0.39, 0.29) is 43.3 Å². The van der Waals surface area contributed by atoms with E-state index >= 15 is 0 Å². The maximum atomic E-state index is 14.7. The minimum atomic E-state index is -5.26. The summed E-state index contributed by atoms with van der Waals surface area (Å²) in [5.74, 6) is -0.247. The third kappa shape index (κ3) is 9.14. The fourth-order valence-corrected chi connectivity index (χ4v) is 7.93. The van der Waals surface area contributed by atoms with Gasteiger partial charge in [-0.1, -0.05) is 47.4 Å². The molecule has 3 aromatic carbocycles. The quantitative estimate of drug-likeness (QED) is 0.117. The molecule has 276 valence electrons. The summed E-state index contributed by atoms with van der Waals surface area (Å²) in [7, 11) is -1.51. The van der Waals surface area contributed by atoms with Gasteiger partial charge in [-0.25, -0.2) is 27.5 Å². The van der Waals surface area contributed by atoms with E-state index in [2.05, 4.69) is 27.1 Å². The Morgan fingerprint density at radius 3 is 2.62 bits per heavy atom. The number of alkyl halides is 2. The number of anilines is 2. The molecule has 0 unspecified atom stereocenters. The molecular weight excluding hydrogens is 750 g/mol. The standard InChI is InChI=1S/C36H33F3N6O5S3/c1-44(2)17-6-8-22-14-15-28(26(37)20-22)50-19-7-13-30-31(33(47)43-53(48,49)34(38)39)41-36(52-30)45-18-16-23-9-5-10-24(25(23)21-45)32(46)42-35-40-27-11-3-4-12-29(27)51-35/h3-5,9-12,14-15,20,34H,7,13,16-19,21H2,1-2H3,(H,43,47)(H,40,42,46). The summed E-state index contributed by atoms with van der Waals surface area (Å²) in [6, 6.07) is 17.4. The summed E-state index contributed by atoms with van der Waals surface area (Å²) < 4.78 is 72.8. The highest BCUT2D eigenvalue weighted by Crippen LogP contribution is 2.34. The Hall–Kier alpha value is -5.02. The molecule has 11 nitrogen and oxygen atoms in total. The third-order valence-electron chi connectivity index (χ3n) is 8.04. The molecule has 53 heavy (non-hydrogen) atoms. The molecule has 5 aromatic rings. The van der Waals surface area contributed by atoms with Crippen LogP contribution in [0.4, 0.5) is 23.4 Å². The number of aryl methyl sites for hydroxylation is 1. The van der Waals surface area contributed by atoms with Crippen LogP contribution in [0.5, 0.6) is 5.75 Å². The first-order valence-corrected chi connectivity index (χ1v) is 19.5. The van der Waals surface area contributed by atoms with Crippen LogP contribution in [0.1, 0.15) is 48.8 Å². The number of amides is 2. The minimum Gasteiger partial charge on any atom is -0.491 e. The lowest BCUT2D eigenvalue weighted by molar-refractivity contribution is 0.0970. The number of thiazole rings is 2. The van der Waals surface area contributed by atoms with E-state index in [0.29, 0.717) is 45.8 Å². The molecule has 1 aliphatic heterocycles. The number of benzene rings is 3. The number of aromatic nitrogens is 2. The normalized spacial score (nSPS) is 12.8. The minimum absolute atomic E-state index is 0.00380. The number of halogens is 3. The van der Waals surface area contributed by atoms with E-state index in [1.807, 2.05) is 54.2 Å². The van der Waals surface area contributed by atoms with Crippen molar-refractivity contribution >= 4 is 65.0 Å². The fraction of sp³-hybridized carbons (Fsp3) is 0.278. The Balaban J connectivity index is 1.18. The van der Waals surface area contributed by atoms with Crippen molar-refractivity contribution in [3.8, 4) is 17.6 Å². The van der Waals surface area contributed by atoms with Crippen LogP contribution in [0.15, 0.2) is 60.7 Å². The number of rotatable bonds is 12. The average molecular weight is 783 g/mol. The number of hydrogen-bond acceptors (Lipinski definition) is 11. The SMILES string of the molecule is CN(C)CC#Cc1ccc(OCCCc2sc(N3CCc4cccc(C(=O)Nc5nc6ccccc6s5)c4C3)nc2C(=O)NS(=O)(=O)C(F)F)c(F)c1. The fourth-order valence-electron chi connectivity index (χ4n) is 5.50. The molecule has 0 saturated carbocycles. The molecule has 17 heteroatoms. The van der Waals surface area contributed by atoms with Crippen LogP contribution in [0.3, 0.4) is 0 Å². The Labute approximate surface area is 311 Å². The van der Waals surface area contributed by atoms with Gasteiger partial charge < -0.3 is 9.64 Å². The smallest absolute Gasteiger partial charge is 0.355 e. The van der Waals surface area contributed by atoms with E-state index < -0.39 is 27.5 Å². The van der Waals surface area contributed by atoms with Crippen LogP contribution < -0.4 is 19.7 Å². The van der Waals surface area contributed by atoms with Gasteiger partial charge in [0.25, 0.3) is 21.8 Å². The second-order valence-corrected chi connectivity index (χ2v) is 15.9. The molecule has 6 rings (SSSR count). The highest BCUT2D eigenvalue weighted by molar-refractivity contribution is 7.90. The van der Waals surface area contributed by atoms with Crippen LogP contribution in [0.25, 0.3) is 10.2 Å². The average Bonchev–Trinajstić information content (AvgIpc) is 3.74. The number of nitrogens with one attached hydrogen (secondary N) is 2. The van der Waals surface area contributed by atoms with Gasteiger partial charge in [-0.15, -0.1) is 11.3 Å². The van der Waals surface area contributed by atoms with E-state index in [9.17, 15) is 31.2 Å². The third-order valence-corrected chi connectivity index (χ3v) is 11.1. The summed E-state index contributed by atoms with van der Waals surface area (Å²) >= 11 is 2.45. The summed E-state index contributed by atoms with van der Waals surface area (Å²) in [6.45, 7) is 1.23. The predicted molar refractivity (Wildman–Crippen MR) is 199 cm³/mol. The molecule has 3 heterocycles. The van der Waals surface area contributed by atoms with Crippen molar-refractivity contribution in [2.75, 3.05) is 44.0 Å². The lowest BCUT2D eigenvalue weighted by atomic mass is 9.94. The molecule has 0 aliphatic carbocycles. The van der Waals surface area contributed by atoms with Gasteiger partial charge in [-0.05, 0) is 80.9 Å². The number of para-hydroxylation sites is 1. The summed E-state index contributed by atoms with van der Waals surface area (Å²) in [4.78, 5) is 39.5. The van der Waals surface area contributed by atoms with Gasteiger partial charge in [0.05, 0.1) is 23.4 Å². The maximum Gasteiger partial charge on any atom is 0.355 e. The summed E-state index contributed by atoms with van der Waals surface area (Å²) in [5, 5.41) is 3.68. The van der Waals surface area contributed by atoms with Gasteiger partial charge in [0.15, 0.2) is 21.8 Å². The number of carbonyl (C=O) groups is 2. The van der Waals surface area contributed by atoms with Crippen LogP contribution in [-0.4, -0.2) is 74.6 Å². The Bertz CT molecular complexity index is 2300. The van der Waals surface area contributed by atoms with Gasteiger partial charge in [0.2, 0.25) is 0 Å². The first kappa shape index (κ1) is 37.7. The van der Waals surface area contributed by atoms with Crippen molar-refractivity contribution in [2.45, 2.75) is 31.6 Å². The summed E-state index contributed by atoms with van der Waals surface area (Å²) in [5.41, 5.74) is 3.06. The van der Waals surface area contributed by atoms with E-state index in [1.54, 1.807) is 18.2 Å². The molecule has 2 N–H and O–H groups in total. The number of ether oxygens (including phenoxy) is 1. The van der Waals surface area contributed by atoms with Gasteiger partial charge >= 0.3 is 5.76 Å². The van der Waals surface area contributed by atoms with Crippen molar-refractivity contribution in [3.63, 3.8) is 0 Å². The highest BCUT2D eigenvalue weighted by Gasteiger charge is 2.31. The first-order valence-electron chi connectivity index (χ1n) is 16.3. The molecule has 0 fully saturated rings. The van der Waals surface area contributed by atoms with Crippen LogP contribution in [0, 0.1) is 17.7 Å². The number of hydrogen-bond donors (Lipinski definition) is 2. The van der Waals surface area contributed by atoms with Crippen molar-refractivity contribution in [1.29, 1.82) is 0 Å². The second-order valence-electron chi connectivity index (χ2n) is 12.2. The molecule has 2 amide bonds. The lowest BCUT2D eigenvalue weighted by Gasteiger charge is -2.29. The van der Waals surface area contributed by atoms with Crippen molar-refractivity contribution in [2.24, 2.45) is 0 Å². The monoisotopic (exact) mass is 782 g/mol. The number of fused-ring (bicyclic) bond motifs is 2. The molecule has 0 atom stereocenters. The van der Waals surface area contributed by atoms with Crippen LogP contribution >= 0.6 is 22.7 Å². The van der Waals surface area contributed by atoms with Gasteiger partial charge in [-0.3, -0.25) is 19.8 Å². The van der Waals surface area contributed by atoms with Gasteiger partial charge in [-0.2, -0.15) is 8.78 Å². The molecule has 0 saturated heterocycles. The second kappa shape index (κ2) is 16.3. The number of carbonyl (C=O) groups excluding carboxylic acids is 2. The Kier molecular flexibility index (Phi) is 11.6. The summed E-state index contributed by atoms with van der Waals surface area (Å²) in [6.07, 6.45) is 0.935.